The molecule has 0 spiro atoms. The SMILES string of the molecule is COc1ccc([C@H](C)NC(=O)c2ccc3c(c2)/C(=C/c2[nH]c(C)c(C(=O)NCCN4CCCC4)c2C)C(=O)N3)cc1. The molecule has 9 nitrogen and oxygen atoms in total. The van der Waals surface area contributed by atoms with Crippen LogP contribution in [0.2, 0.25) is 0 Å². The number of aromatic amines is 1. The lowest BCUT2D eigenvalue weighted by atomic mass is 10.0. The summed E-state index contributed by atoms with van der Waals surface area (Å²) < 4.78 is 5.21. The van der Waals surface area contributed by atoms with Gasteiger partial charge in [-0.15, -0.1) is 0 Å². The van der Waals surface area contributed by atoms with Crippen molar-refractivity contribution >= 4 is 35.1 Å². The minimum atomic E-state index is -0.257. The van der Waals surface area contributed by atoms with Crippen molar-refractivity contribution < 1.29 is 19.1 Å². The average Bonchev–Trinajstić information content (AvgIpc) is 3.66. The third-order valence-corrected chi connectivity index (χ3v) is 7.93. The Labute approximate surface area is 240 Å². The maximum Gasteiger partial charge on any atom is 0.256 e. The fourth-order valence-corrected chi connectivity index (χ4v) is 5.55. The molecular weight excluding hydrogens is 518 g/mol. The van der Waals surface area contributed by atoms with Gasteiger partial charge >= 0.3 is 0 Å². The zero-order chi connectivity index (χ0) is 29.1. The van der Waals surface area contributed by atoms with E-state index in [1.54, 1.807) is 31.4 Å². The monoisotopic (exact) mass is 555 g/mol. The van der Waals surface area contributed by atoms with Gasteiger partial charge in [-0.3, -0.25) is 14.4 Å². The number of anilines is 1. The first kappa shape index (κ1) is 28.2. The van der Waals surface area contributed by atoms with Gasteiger partial charge < -0.3 is 30.6 Å². The van der Waals surface area contributed by atoms with Gasteiger partial charge in [-0.05, 0) is 94.2 Å². The number of amides is 3. The molecule has 2 aromatic carbocycles. The van der Waals surface area contributed by atoms with Crippen molar-refractivity contribution in [2.24, 2.45) is 0 Å². The molecule has 3 heterocycles. The summed E-state index contributed by atoms with van der Waals surface area (Å²) in [6.07, 6.45) is 4.19. The predicted molar refractivity (Wildman–Crippen MR) is 160 cm³/mol. The van der Waals surface area contributed by atoms with Gasteiger partial charge in [0.2, 0.25) is 0 Å². The first-order chi connectivity index (χ1) is 19.7. The Morgan fingerprint density at radius 1 is 1.07 bits per heavy atom. The van der Waals surface area contributed by atoms with Crippen molar-refractivity contribution in [3.8, 4) is 5.75 Å². The minimum absolute atomic E-state index is 0.124. The fourth-order valence-electron chi connectivity index (χ4n) is 5.55. The van der Waals surface area contributed by atoms with Gasteiger partial charge in [0.15, 0.2) is 0 Å². The summed E-state index contributed by atoms with van der Waals surface area (Å²) >= 11 is 0. The second-order valence-corrected chi connectivity index (χ2v) is 10.7. The van der Waals surface area contributed by atoms with Crippen LogP contribution in [-0.4, -0.2) is 60.9 Å². The summed E-state index contributed by atoms with van der Waals surface area (Å²) in [5.74, 6) is 0.128. The standard InChI is InChI=1S/C32H37N5O4/c1-19-28(34-21(3)29(19)32(40)33-13-16-37-14-5-6-15-37)18-26-25-17-23(9-12-27(25)36-31(26)39)30(38)35-20(2)22-7-10-24(41-4)11-8-22/h7-12,17-18,20,34H,5-6,13-16H2,1-4H3,(H,33,40)(H,35,38)(H,36,39)/b26-18-/t20-/m0/s1. The maximum absolute atomic E-state index is 13.1. The van der Waals surface area contributed by atoms with E-state index in [0.717, 1.165) is 42.2 Å². The smallest absolute Gasteiger partial charge is 0.256 e. The Hall–Kier alpha value is -4.37. The summed E-state index contributed by atoms with van der Waals surface area (Å²) in [6.45, 7) is 9.27. The zero-order valence-corrected chi connectivity index (χ0v) is 24.0. The number of ether oxygens (including phenoxy) is 1. The van der Waals surface area contributed by atoms with Gasteiger partial charge in [0.05, 0.1) is 24.3 Å². The van der Waals surface area contributed by atoms with Crippen LogP contribution in [0.3, 0.4) is 0 Å². The number of aryl methyl sites for hydroxylation is 1. The molecule has 1 fully saturated rings. The van der Waals surface area contributed by atoms with Gasteiger partial charge in [-0.1, -0.05) is 12.1 Å². The third-order valence-electron chi connectivity index (χ3n) is 7.93. The molecule has 1 saturated heterocycles. The molecule has 1 aromatic heterocycles. The maximum atomic E-state index is 13.1. The molecule has 3 amide bonds. The van der Waals surface area contributed by atoms with Crippen LogP contribution < -0.4 is 20.7 Å². The lowest BCUT2D eigenvalue weighted by Gasteiger charge is -2.15. The summed E-state index contributed by atoms with van der Waals surface area (Å²) in [5.41, 5.74) is 5.92. The van der Waals surface area contributed by atoms with E-state index in [0.29, 0.717) is 40.2 Å². The Bertz CT molecular complexity index is 1500. The predicted octanol–water partition coefficient (Wildman–Crippen LogP) is 4.45. The number of H-pyrrole nitrogens is 1. The summed E-state index contributed by atoms with van der Waals surface area (Å²) in [4.78, 5) is 44.7. The first-order valence-electron chi connectivity index (χ1n) is 14.1. The van der Waals surface area contributed by atoms with Gasteiger partial charge in [0.25, 0.3) is 17.7 Å². The molecule has 214 valence electrons. The highest BCUT2D eigenvalue weighted by Gasteiger charge is 2.27. The van der Waals surface area contributed by atoms with Crippen LogP contribution in [-0.2, 0) is 4.79 Å². The average molecular weight is 556 g/mol. The lowest BCUT2D eigenvalue weighted by Crippen LogP contribution is -2.33. The van der Waals surface area contributed by atoms with E-state index in [4.69, 9.17) is 4.74 Å². The molecule has 9 heteroatoms. The molecule has 5 rings (SSSR count). The number of aromatic nitrogens is 1. The quantitative estimate of drug-likeness (QED) is 0.291. The third kappa shape index (κ3) is 6.05. The molecule has 0 unspecified atom stereocenters. The lowest BCUT2D eigenvalue weighted by molar-refractivity contribution is -0.110. The molecule has 0 bridgehead atoms. The molecule has 1 atom stereocenters. The molecule has 0 saturated carbocycles. The van der Waals surface area contributed by atoms with Crippen LogP contribution in [0.1, 0.15) is 74.6 Å². The Morgan fingerprint density at radius 2 is 1.80 bits per heavy atom. The number of carbonyl (C=O) groups is 3. The molecular formula is C32H37N5O4. The highest BCUT2D eigenvalue weighted by molar-refractivity contribution is 6.35. The number of hydrogen-bond donors (Lipinski definition) is 4. The number of nitrogens with zero attached hydrogens (tertiary/aromatic N) is 1. The van der Waals surface area contributed by atoms with Crippen molar-refractivity contribution in [3.05, 3.63) is 81.7 Å². The second-order valence-electron chi connectivity index (χ2n) is 10.7. The number of rotatable bonds is 9. The zero-order valence-electron chi connectivity index (χ0n) is 24.0. The summed E-state index contributed by atoms with van der Waals surface area (Å²) in [5, 5.41) is 8.95. The van der Waals surface area contributed by atoms with E-state index in [9.17, 15) is 14.4 Å². The largest absolute Gasteiger partial charge is 0.497 e. The van der Waals surface area contributed by atoms with Gasteiger partial charge in [-0.25, -0.2) is 0 Å². The van der Waals surface area contributed by atoms with Crippen LogP contribution in [0.5, 0.6) is 5.75 Å². The highest BCUT2D eigenvalue weighted by atomic mass is 16.5. The number of methoxy groups -OCH3 is 1. The Balaban J connectivity index is 1.32. The van der Waals surface area contributed by atoms with Gasteiger partial charge in [-0.2, -0.15) is 0 Å². The molecule has 41 heavy (non-hydrogen) atoms. The number of benzene rings is 2. The minimum Gasteiger partial charge on any atom is -0.497 e. The van der Waals surface area contributed by atoms with E-state index < -0.39 is 0 Å². The molecule has 0 radical (unpaired) electrons. The van der Waals surface area contributed by atoms with E-state index in [-0.39, 0.29) is 23.8 Å². The van der Waals surface area contributed by atoms with Crippen LogP contribution in [0, 0.1) is 13.8 Å². The topological polar surface area (TPSA) is 116 Å². The molecule has 4 N–H and O–H groups in total. The van der Waals surface area contributed by atoms with Crippen molar-refractivity contribution in [1.82, 2.24) is 20.5 Å². The molecule has 0 aliphatic carbocycles. The highest BCUT2D eigenvalue weighted by Crippen LogP contribution is 2.35. The normalized spacial score (nSPS) is 16.4. The first-order valence-corrected chi connectivity index (χ1v) is 14.1. The van der Waals surface area contributed by atoms with E-state index in [1.165, 1.54) is 12.8 Å². The van der Waals surface area contributed by atoms with Gasteiger partial charge in [0, 0.05) is 41.3 Å². The Morgan fingerprint density at radius 3 is 2.51 bits per heavy atom. The molecule has 3 aromatic rings. The fraction of sp³-hybridized carbons (Fsp3) is 0.344. The molecule has 2 aliphatic heterocycles. The number of carbonyl (C=O) groups excluding carboxylic acids is 3. The van der Waals surface area contributed by atoms with Crippen LogP contribution in [0.25, 0.3) is 11.6 Å². The summed E-state index contributed by atoms with van der Waals surface area (Å²) in [6, 6.07) is 12.5. The Kier molecular flexibility index (Phi) is 8.26. The van der Waals surface area contributed by atoms with Crippen molar-refractivity contribution in [2.45, 2.75) is 39.7 Å². The van der Waals surface area contributed by atoms with Crippen molar-refractivity contribution in [1.29, 1.82) is 0 Å². The molecule has 2 aliphatic rings. The number of likely N-dealkylation sites (tertiary alicyclic amines) is 1. The van der Waals surface area contributed by atoms with Gasteiger partial charge in [0.1, 0.15) is 5.75 Å². The second kappa shape index (κ2) is 12.0. The van der Waals surface area contributed by atoms with E-state index >= 15 is 0 Å². The number of hydrogen-bond acceptors (Lipinski definition) is 5. The van der Waals surface area contributed by atoms with Crippen molar-refractivity contribution in [3.63, 3.8) is 0 Å². The van der Waals surface area contributed by atoms with Crippen LogP contribution in [0.15, 0.2) is 42.5 Å². The summed E-state index contributed by atoms with van der Waals surface area (Å²) in [7, 11) is 1.61. The number of nitrogens with one attached hydrogen (secondary N) is 4. The van der Waals surface area contributed by atoms with Crippen LogP contribution in [0.4, 0.5) is 5.69 Å². The number of fused-ring (bicyclic) bond motifs is 1. The van der Waals surface area contributed by atoms with Crippen LogP contribution >= 0.6 is 0 Å². The van der Waals surface area contributed by atoms with E-state index in [1.807, 2.05) is 45.0 Å². The van der Waals surface area contributed by atoms with E-state index in [2.05, 4.69) is 25.8 Å². The van der Waals surface area contributed by atoms with Crippen molar-refractivity contribution in [2.75, 3.05) is 38.6 Å².